The third-order valence-electron chi connectivity index (χ3n) is 2.97. The summed E-state index contributed by atoms with van der Waals surface area (Å²) in [7, 11) is 0. The third kappa shape index (κ3) is 5.65. The predicted octanol–water partition coefficient (Wildman–Crippen LogP) is 3.79. The summed E-state index contributed by atoms with van der Waals surface area (Å²) in [4.78, 5) is 0. The quantitative estimate of drug-likeness (QED) is 0.746. The summed E-state index contributed by atoms with van der Waals surface area (Å²) < 4.78 is 5.53. The Bertz CT molecular complexity index is 338. The second-order valence-electron chi connectivity index (χ2n) is 5.55. The highest BCUT2D eigenvalue weighted by atomic mass is 16.5. The summed E-state index contributed by atoms with van der Waals surface area (Å²) in [6.07, 6.45) is 1.74. The average molecular weight is 250 g/mol. The first-order valence-corrected chi connectivity index (χ1v) is 6.83. The molecule has 1 atom stereocenters. The maximum absolute atomic E-state index is 10.1. The third-order valence-corrected chi connectivity index (χ3v) is 2.97. The maximum Gasteiger partial charge on any atom is 0.102 e. The van der Waals surface area contributed by atoms with E-state index in [0.29, 0.717) is 6.61 Å². The highest BCUT2D eigenvalue weighted by Crippen LogP contribution is 2.17. The minimum absolute atomic E-state index is 0.390. The Labute approximate surface area is 111 Å². The van der Waals surface area contributed by atoms with Crippen molar-refractivity contribution in [3.63, 3.8) is 0 Å². The molecule has 0 aliphatic carbocycles. The summed E-state index contributed by atoms with van der Waals surface area (Å²) in [5, 5.41) is 10.1. The fourth-order valence-corrected chi connectivity index (χ4v) is 2.09. The zero-order chi connectivity index (χ0) is 13.5. The number of hydrogen-bond acceptors (Lipinski definition) is 2. The van der Waals surface area contributed by atoms with Gasteiger partial charge in [-0.25, -0.2) is 0 Å². The van der Waals surface area contributed by atoms with Crippen LogP contribution in [0.15, 0.2) is 18.2 Å². The number of benzene rings is 1. The van der Waals surface area contributed by atoms with Gasteiger partial charge >= 0.3 is 0 Å². The molecule has 1 N–H and O–H groups in total. The number of rotatable bonds is 7. The smallest absolute Gasteiger partial charge is 0.102 e. The molecular formula is C16H26O2. The molecule has 1 unspecified atom stereocenters. The van der Waals surface area contributed by atoms with Gasteiger partial charge in [0.25, 0.3) is 0 Å². The van der Waals surface area contributed by atoms with Crippen molar-refractivity contribution in [2.75, 3.05) is 13.2 Å². The molecule has 2 nitrogen and oxygen atoms in total. The largest absolute Gasteiger partial charge is 0.386 e. The summed E-state index contributed by atoms with van der Waals surface area (Å²) in [6, 6.07) is 6.16. The molecule has 0 saturated carbocycles. The van der Waals surface area contributed by atoms with E-state index in [1.807, 2.05) is 26.0 Å². The molecule has 1 aromatic carbocycles. The Kier molecular flexibility index (Phi) is 6.37. The number of aliphatic hydroxyl groups excluding tert-OH is 1. The van der Waals surface area contributed by atoms with Crippen molar-refractivity contribution in [1.29, 1.82) is 0 Å². The fraction of sp³-hybridized carbons (Fsp3) is 0.625. The topological polar surface area (TPSA) is 29.5 Å². The second kappa shape index (κ2) is 7.55. The Hall–Kier alpha value is -0.860. The maximum atomic E-state index is 10.1. The highest BCUT2D eigenvalue weighted by Gasteiger charge is 2.08. The molecule has 0 saturated heterocycles. The van der Waals surface area contributed by atoms with Crippen LogP contribution in [-0.4, -0.2) is 18.3 Å². The van der Waals surface area contributed by atoms with E-state index < -0.39 is 6.10 Å². The van der Waals surface area contributed by atoms with Crippen LogP contribution in [0.3, 0.4) is 0 Å². The molecule has 0 aromatic heterocycles. The zero-order valence-corrected chi connectivity index (χ0v) is 12.1. The van der Waals surface area contributed by atoms with Crippen LogP contribution in [0.1, 0.15) is 49.5 Å². The molecule has 0 fully saturated rings. The monoisotopic (exact) mass is 250 g/mol. The molecule has 1 aromatic rings. The van der Waals surface area contributed by atoms with Gasteiger partial charge in [-0.3, -0.25) is 0 Å². The molecular weight excluding hydrogens is 224 g/mol. The van der Waals surface area contributed by atoms with Crippen molar-refractivity contribution in [2.24, 2.45) is 5.92 Å². The van der Waals surface area contributed by atoms with Crippen molar-refractivity contribution in [2.45, 2.75) is 46.6 Å². The van der Waals surface area contributed by atoms with Crippen LogP contribution in [-0.2, 0) is 4.74 Å². The van der Waals surface area contributed by atoms with Crippen LogP contribution in [0, 0.1) is 19.8 Å². The van der Waals surface area contributed by atoms with E-state index in [-0.39, 0.29) is 0 Å². The summed E-state index contributed by atoms with van der Waals surface area (Å²) in [5.74, 6) is 0.720. The first kappa shape index (κ1) is 15.2. The zero-order valence-electron chi connectivity index (χ0n) is 12.1. The van der Waals surface area contributed by atoms with Gasteiger partial charge in [0, 0.05) is 6.61 Å². The van der Waals surface area contributed by atoms with E-state index in [0.717, 1.165) is 24.5 Å². The van der Waals surface area contributed by atoms with Gasteiger partial charge in [-0.05, 0) is 38.2 Å². The van der Waals surface area contributed by atoms with Gasteiger partial charge in [0.1, 0.15) is 6.10 Å². The van der Waals surface area contributed by atoms with Gasteiger partial charge in [-0.2, -0.15) is 0 Å². The van der Waals surface area contributed by atoms with Crippen molar-refractivity contribution in [1.82, 2.24) is 0 Å². The lowest BCUT2D eigenvalue weighted by Gasteiger charge is -2.13. The Balaban J connectivity index is 2.34. The highest BCUT2D eigenvalue weighted by molar-refractivity contribution is 5.29. The molecule has 0 amide bonds. The molecule has 0 heterocycles. The van der Waals surface area contributed by atoms with E-state index in [9.17, 15) is 5.11 Å². The average Bonchev–Trinajstić information content (AvgIpc) is 2.26. The lowest BCUT2D eigenvalue weighted by atomic mass is 10.0. The molecule has 18 heavy (non-hydrogen) atoms. The Morgan fingerprint density at radius 1 is 1.11 bits per heavy atom. The van der Waals surface area contributed by atoms with E-state index in [1.165, 1.54) is 17.5 Å². The van der Waals surface area contributed by atoms with Gasteiger partial charge in [-0.1, -0.05) is 43.2 Å². The Morgan fingerprint density at radius 3 is 2.28 bits per heavy atom. The molecule has 0 spiro atoms. The van der Waals surface area contributed by atoms with Crippen molar-refractivity contribution in [3.8, 4) is 0 Å². The van der Waals surface area contributed by atoms with Crippen molar-refractivity contribution in [3.05, 3.63) is 34.9 Å². The summed E-state index contributed by atoms with van der Waals surface area (Å²) >= 11 is 0. The van der Waals surface area contributed by atoms with E-state index >= 15 is 0 Å². The van der Waals surface area contributed by atoms with E-state index in [2.05, 4.69) is 19.9 Å². The van der Waals surface area contributed by atoms with Crippen LogP contribution < -0.4 is 0 Å². The summed E-state index contributed by atoms with van der Waals surface area (Å²) in [5.41, 5.74) is 3.32. The minimum atomic E-state index is -0.511. The number of aliphatic hydroxyl groups is 1. The minimum Gasteiger partial charge on any atom is -0.386 e. The van der Waals surface area contributed by atoms with Crippen LogP contribution in [0.2, 0.25) is 0 Å². The summed E-state index contributed by atoms with van der Waals surface area (Å²) in [6.45, 7) is 9.65. The normalized spacial score (nSPS) is 13.0. The van der Waals surface area contributed by atoms with Gasteiger partial charge in [0.05, 0.1) is 6.61 Å². The predicted molar refractivity (Wildman–Crippen MR) is 75.8 cm³/mol. The van der Waals surface area contributed by atoms with Crippen LogP contribution in [0.25, 0.3) is 0 Å². The van der Waals surface area contributed by atoms with Gasteiger partial charge in [0.2, 0.25) is 0 Å². The molecule has 102 valence electrons. The Morgan fingerprint density at radius 2 is 1.72 bits per heavy atom. The first-order chi connectivity index (χ1) is 8.49. The molecule has 0 aliphatic rings. The van der Waals surface area contributed by atoms with Gasteiger partial charge in [-0.15, -0.1) is 0 Å². The van der Waals surface area contributed by atoms with Crippen LogP contribution in [0.4, 0.5) is 0 Å². The van der Waals surface area contributed by atoms with Crippen LogP contribution >= 0.6 is 0 Å². The fourth-order valence-electron chi connectivity index (χ4n) is 2.09. The van der Waals surface area contributed by atoms with Gasteiger partial charge in [0.15, 0.2) is 0 Å². The molecule has 1 rings (SSSR count). The van der Waals surface area contributed by atoms with Crippen molar-refractivity contribution >= 4 is 0 Å². The SMILES string of the molecule is Cc1cc(C)cc(C(O)COCCCC(C)C)c1. The molecule has 0 aliphatic heterocycles. The molecule has 2 heteroatoms. The molecule has 0 radical (unpaired) electrons. The van der Waals surface area contributed by atoms with Crippen LogP contribution in [0.5, 0.6) is 0 Å². The standard InChI is InChI=1S/C16H26O2/c1-12(2)6-5-7-18-11-16(17)15-9-13(3)8-14(4)10-15/h8-10,12,16-17H,5-7,11H2,1-4H3. The van der Waals surface area contributed by atoms with Gasteiger partial charge < -0.3 is 9.84 Å². The lowest BCUT2D eigenvalue weighted by molar-refractivity contribution is 0.0337. The first-order valence-electron chi connectivity index (χ1n) is 6.83. The number of aryl methyl sites for hydroxylation is 2. The van der Waals surface area contributed by atoms with Crippen molar-refractivity contribution < 1.29 is 9.84 Å². The molecule has 0 bridgehead atoms. The second-order valence-corrected chi connectivity index (χ2v) is 5.55. The van der Waals surface area contributed by atoms with E-state index in [4.69, 9.17) is 4.74 Å². The number of hydrogen-bond donors (Lipinski definition) is 1. The number of ether oxygens (including phenoxy) is 1. The lowest BCUT2D eigenvalue weighted by Crippen LogP contribution is -2.09. The van der Waals surface area contributed by atoms with E-state index in [1.54, 1.807) is 0 Å².